The summed E-state index contributed by atoms with van der Waals surface area (Å²) in [6.07, 6.45) is 5.15. The molecule has 0 spiro atoms. The smallest absolute Gasteiger partial charge is 0.328 e. The summed E-state index contributed by atoms with van der Waals surface area (Å²) in [7, 11) is 0. The van der Waals surface area contributed by atoms with Crippen molar-refractivity contribution >= 4 is 34.2 Å². The zero-order valence-corrected chi connectivity index (χ0v) is 26.8. The predicted octanol–water partition coefficient (Wildman–Crippen LogP) is 7.77. The second-order valence-corrected chi connectivity index (χ2v) is 13.0. The Hall–Kier alpha value is -4.46. The molecule has 2 fully saturated rings. The van der Waals surface area contributed by atoms with Gasteiger partial charge in [0.15, 0.2) is 11.6 Å². The third-order valence-electron chi connectivity index (χ3n) is 9.02. The van der Waals surface area contributed by atoms with Gasteiger partial charge < -0.3 is 19.1 Å². The first-order chi connectivity index (χ1) is 22.6. The molecule has 0 atom stereocenters. The summed E-state index contributed by atoms with van der Waals surface area (Å²) < 4.78 is 42.6. The number of halogens is 3. The molecule has 1 N–H and O–H groups in total. The highest BCUT2D eigenvalue weighted by Crippen LogP contribution is 2.50. The second kappa shape index (κ2) is 13.7. The highest BCUT2D eigenvalue weighted by molar-refractivity contribution is 6.30. The topological polar surface area (TPSA) is 101 Å². The standard InChI is InChI=1S/C36H35ClF2N4O4/c1-23(16-35(44)45)24-2-6-31-32(18-24)43(22-36(10-11-36)12-13-40)34(41-31)20-42-14-8-27(9-15-42)47-28-4-5-29(38)25(17-28)21-46-33-7-3-26(37)19-30(33)39/h2-7,16-19,27H,8-12,14-15,20-22H2,1H3,(H,44,45)/b23-16+. The molecule has 1 aromatic heterocycles. The average molecular weight is 661 g/mol. The van der Waals surface area contributed by atoms with Crippen molar-refractivity contribution in [1.29, 1.82) is 5.26 Å². The Kier molecular flexibility index (Phi) is 9.48. The lowest BCUT2D eigenvalue weighted by molar-refractivity contribution is -0.131. The highest BCUT2D eigenvalue weighted by atomic mass is 35.5. The fourth-order valence-electron chi connectivity index (χ4n) is 6.11. The fourth-order valence-corrected chi connectivity index (χ4v) is 6.27. The van der Waals surface area contributed by atoms with E-state index in [0.717, 1.165) is 67.3 Å². The molecule has 1 aliphatic carbocycles. The van der Waals surface area contributed by atoms with Crippen LogP contribution in [-0.4, -0.2) is 44.7 Å². The molecule has 6 rings (SSSR count). The van der Waals surface area contributed by atoms with Gasteiger partial charge in [-0.2, -0.15) is 5.26 Å². The van der Waals surface area contributed by atoms with Crippen LogP contribution in [0.4, 0.5) is 8.78 Å². The van der Waals surface area contributed by atoms with E-state index in [9.17, 15) is 23.9 Å². The first kappa shape index (κ1) is 32.5. The summed E-state index contributed by atoms with van der Waals surface area (Å²) in [5, 5.41) is 19.0. The van der Waals surface area contributed by atoms with E-state index in [1.54, 1.807) is 19.1 Å². The number of benzene rings is 3. The van der Waals surface area contributed by atoms with Crippen LogP contribution >= 0.6 is 11.6 Å². The first-order valence-electron chi connectivity index (χ1n) is 15.6. The molecule has 1 aliphatic heterocycles. The summed E-state index contributed by atoms with van der Waals surface area (Å²) in [4.78, 5) is 18.6. The Labute approximate surface area is 276 Å². The molecule has 8 nitrogen and oxygen atoms in total. The molecular weight excluding hydrogens is 626 g/mol. The van der Waals surface area contributed by atoms with Crippen LogP contribution in [0.15, 0.2) is 60.7 Å². The number of allylic oxidation sites excluding steroid dienone is 1. The van der Waals surface area contributed by atoms with E-state index >= 15 is 0 Å². The Morgan fingerprint density at radius 3 is 2.62 bits per heavy atom. The molecule has 244 valence electrons. The van der Waals surface area contributed by atoms with Crippen LogP contribution in [0, 0.1) is 28.4 Å². The second-order valence-electron chi connectivity index (χ2n) is 12.5. The van der Waals surface area contributed by atoms with E-state index in [4.69, 9.17) is 26.1 Å². The number of carboxylic acids is 1. The van der Waals surface area contributed by atoms with Gasteiger partial charge in [-0.3, -0.25) is 4.90 Å². The van der Waals surface area contributed by atoms with Gasteiger partial charge in [0, 0.05) is 48.1 Å². The Bertz CT molecular complexity index is 1870. The number of carboxylic acid groups (broad SMARTS) is 1. The van der Waals surface area contributed by atoms with Gasteiger partial charge in [0.25, 0.3) is 0 Å². The average Bonchev–Trinajstić information content (AvgIpc) is 3.72. The summed E-state index contributed by atoms with van der Waals surface area (Å²) in [5.74, 6) is -0.640. The lowest BCUT2D eigenvalue weighted by Gasteiger charge is -2.32. The molecule has 1 saturated carbocycles. The zero-order valence-electron chi connectivity index (χ0n) is 26.0. The summed E-state index contributed by atoms with van der Waals surface area (Å²) in [6.45, 7) is 4.49. The number of ether oxygens (including phenoxy) is 2. The number of nitrogens with zero attached hydrogens (tertiary/aromatic N) is 4. The van der Waals surface area contributed by atoms with Crippen molar-refractivity contribution in [3.63, 3.8) is 0 Å². The highest BCUT2D eigenvalue weighted by Gasteiger charge is 2.43. The zero-order chi connectivity index (χ0) is 33.1. The molecule has 0 radical (unpaired) electrons. The molecule has 2 heterocycles. The normalized spacial score (nSPS) is 16.6. The van der Waals surface area contributed by atoms with Crippen molar-refractivity contribution in [2.24, 2.45) is 5.41 Å². The number of carbonyl (C=O) groups is 1. The van der Waals surface area contributed by atoms with Gasteiger partial charge in [-0.25, -0.2) is 18.6 Å². The Morgan fingerprint density at radius 1 is 1.13 bits per heavy atom. The van der Waals surface area contributed by atoms with E-state index in [2.05, 4.69) is 15.5 Å². The molecule has 1 saturated heterocycles. The van der Waals surface area contributed by atoms with Crippen LogP contribution in [0.1, 0.15) is 56.0 Å². The van der Waals surface area contributed by atoms with Crippen LogP contribution in [0.2, 0.25) is 5.02 Å². The van der Waals surface area contributed by atoms with E-state index in [0.29, 0.717) is 30.8 Å². The summed E-state index contributed by atoms with van der Waals surface area (Å²) >= 11 is 5.80. The van der Waals surface area contributed by atoms with Crippen molar-refractivity contribution in [3.05, 3.63) is 94.3 Å². The number of aliphatic carboxylic acids is 1. The lowest BCUT2D eigenvalue weighted by Crippen LogP contribution is -2.38. The SMILES string of the molecule is C/C(=C\C(=O)O)c1ccc2nc(CN3CCC(Oc4ccc(F)c(COc5ccc(Cl)cc5F)c4)CC3)n(CC3(CC#N)CC3)c2c1. The number of fused-ring (bicyclic) bond motifs is 1. The molecule has 4 aromatic rings. The largest absolute Gasteiger partial charge is 0.490 e. The Balaban J connectivity index is 1.12. The number of piperidine rings is 1. The predicted molar refractivity (Wildman–Crippen MR) is 174 cm³/mol. The van der Waals surface area contributed by atoms with Crippen molar-refractivity contribution in [3.8, 4) is 17.6 Å². The number of nitriles is 1. The van der Waals surface area contributed by atoms with Crippen molar-refractivity contribution in [1.82, 2.24) is 14.5 Å². The minimum Gasteiger partial charge on any atom is -0.490 e. The molecule has 11 heteroatoms. The van der Waals surface area contributed by atoms with E-state index in [1.165, 1.54) is 24.3 Å². The van der Waals surface area contributed by atoms with Gasteiger partial charge in [-0.05, 0) is 92.3 Å². The maximum Gasteiger partial charge on any atom is 0.328 e. The molecule has 0 unspecified atom stereocenters. The van der Waals surface area contributed by atoms with E-state index in [1.807, 2.05) is 18.2 Å². The molecule has 3 aromatic carbocycles. The van der Waals surface area contributed by atoms with Gasteiger partial charge in [-0.15, -0.1) is 0 Å². The minimum atomic E-state index is -0.991. The first-order valence-corrected chi connectivity index (χ1v) is 16.0. The van der Waals surface area contributed by atoms with Gasteiger partial charge in [0.2, 0.25) is 0 Å². The minimum absolute atomic E-state index is 0.0102. The number of likely N-dealkylation sites (tertiary alicyclic amines) is 1. The van der Waals surface area contributed by atoms with Crippen molar-refractivity contribution in [2.75, 3.05) is 13.1 Å². The number of hydrogen-bond acceptors (Lipinski definition) is 6. The molecule has 0 amide bonds. The lowest BCUT2D eigenvalue weighted by atomic mass is 10.0. The monoisotopic (exact) mass is 660 g/mol. The van der Waals surface area contributed by atoms with Gasteiger partial charge >= 0.3 is 5.97 Å². The maximum absolute atomic E-state index is 14.5. The van der Waals surface area contributed by atoms with Gasteiger partial charge in [0.05, 0.1) is 23.6 Å². The fraction of sp³-hybridized carbons (Fsp3) is 0.361. The molecule has 2 aliphatic rings. The molecular formula is C36H35ClF2N4O4. The quantitative estimate of drug-likeness (QED) is 0.155. The van der Waals surface area contributed by atoms with Crippen LogP contribution in [0.5, 0.6) is 11.5 Å². The maximum atomic E-state index is 14.5. The number of rotatable bonds is 12. The molecule has 0 bridgehead atoms. The van der Waals surface area contributed by atoms with E-state index < -0.39 is 17.6 Å². The van der Waals surface area contributed by atoms with E-state index in [-0.39, 0.29) is 34.5 Å². The van der Waals surface area contributed by atoms with Gasteiger partial charge in [0.1, 0.15) is 30.1 Å². The van der Waals surface area contributed by atoms with Crippen LogP contribution in [0.3, 0.4) is 0 Å². The van der Waals surface area contributed by atoms with Gasteiger partial charge in [-0.1, -0.05) is 17.7 Å². The summed E-state index contributed by atoms with van der Waals surface area (Å²) in [6, 6.07) is 16.8. The van der Waals surface area contributed by atoms with Crippen LogP contribution in [0.25, 0.3) is 16.6 Å². The number of aromatic nitrogens is 2. The Morgan fingerprint density at radius 2 is 1.91 bits per heavy atom. The third kappa shape index (κ3) is 7.75. The third-order valence-corrected chi connectivity index (χ3v) is 9.26. The molecule has 47 heavy (non-hydrogen) atoms. The summed E-state index contributed by atoms with van der Waals surface area (Å²) in [5.41, 5.74) is 3.46. The van der Waals surface area contributed by atoms with Crippen molar-refractivity contribution in [2.45, 2.75) is 64.8 Å². The number of imidazole rings is 1. The van der Waals surface area contributed by atoms with Crippen LogP contribution in [-0.2, 0) is 24.5 Å². The van der Waals surface area contributed by atoms with Crippen molar-refractivity contribution < 1.29 is 28.2 Å². The van der Waals surface area contributed by atoms with Crippen LogP contribution < -0.4 is 9.47 Å². The number of hydrogen-bond donors (Lipinski definition) is 1.